The third kappa shape index (κ3) is 4.13. The summed E-state index contributed by atoms with van der Waals surface area (Å²) in [4.78, 5) is 12.4. The summed E-state index contributed by atoms with van der Waals surface area (Å²) >= 11 is 0. The van der Waals surface area contributed by atoms with Crippen LogP contribution in [0.25, 0.3) is 0 Å². The Morgan fingerprint density at radius 1 is 0.880 bits per heavy atom. The molecular weight excluding hydrogens is 340 g/mol. The zero-order valence-electron chi connectivity index (χ0n) is 13.4. The molecule has 1 heterocycles. The highest BCUT2D eigenvalue weighted by molar-refractivity contribution is 7.86. The molecule has 0 bridgehead atoms. The van der Waals surface area contributed by atoms with E-state index in [1.165, 1.54) is 6.07 Å². The van der Waals surface area contributed by atoms with Crippen LogP contribution in [0.4, 0.5) is 0 Å². The van der Waals surface area contributed by atoms with Gasteiger partial charge in [-0.25, -0.2) is 0 Å². The first kappa shape index (κ1) is 16.9. The van der Waals surface area contributed by atoms with E-state index in [9.17, 15) is 13.2 Å². The monoisotopic (exact) mass is 356 g/mol. The van der Waals surface area contributed by atoms with E-state index in [4.69, 9.17) is 0 Å². The van der Waals surface area contributed by atoms with Crippen LogP contribution in [0, 0.1) is 0 Å². The predicted molar refractivity (Wildman–Crippen MR) is 93.7 cm³/mol. The van der Waals surface area contributed by atoms with Gasteiger partial charge in [0.15, 0.2) is 0 Å². The van der Waals surface area contributed by atoms with Crippen molar-refractivity contribution in [2.24, 2.45) is 0 Å². The molecule has 3 rings (SSSR count). The summed E-state index contributed by atoms with van der Waals surface area (Å²) in [6.07, 6.45) is 0.861. The Balaban J connectivity index is 2.15. The molecule has 6 nitrogen and oxygen atoms in total. The molecule has 0 radical (unpaired) electrons. The minimum absolute atomic E-state index is 0.266. The Bertz CT molecular complexity index is 976. The largest absolute Gasteiger partial charge is 0.325 e. The van der Waals surface area contributed by atoms with Crippen molar-refractivity contribution in [1.82, 2.24) is 9.94 Å². The van der Waals surface area contributed by atoms with Crippen molar-refractivity contribution < 1.29 is 12.7 Å². The van der Waals surface area contributed by atoms with Gasteiger partial charge in [-0.2, -0.15) is 8.42 Å². The average molecular weight is 356 g/mol. The number of hydrogen-bond acceptors (Lipinski definition) is 5. The maximum Gasteiger partial charge on any atom is 0.325 e. The zero-order chi connectivity index (χ0) is 17.9. The van der Waals surface area contributed by atoms with Crippen LogP contribution in [0.2, 0.25) is 0 Å². The smallest absolute Gasteiger partial charge is 0.266 e. The highest BCUT2D eigenvalue weighted by Crippen LogP contribution is 2.29. The van der Waals surface area contributed by atoms with Crippen molar-refractivity contribution in [3.63, 3.8) is 0 Å². The lowest BCUT2D eigenvalue weighted by Crippen LogP contribution is -2.33. The van der Waals surface area contributed by atoms with Crippen molar-refractivity contribution in [2.75, 3.05) is 6.26 Å². The van der Waals surface area contributed by atoms with Crippen molar-refractivity contribution in [3.05, 3.63) is 100.0 Å². The van der Waals surface area contributed by atoms with E-state index in [1.807, 2.05) is 60.7 Å². The van der Waals surface area contributed by atoms with E-state index in [0.29, 0.717) is 10.5 Å². The third-order valence-corrected chi connectivity index (χ3v) is 3.97. The molecule has 0 unspecified atom stereocenters. The molecule has 0 aliphatic rings. The van der Waals surface area contributed by atoms with Gasteiger partial charge in [-0.05, 0) is 22.0 Å². The Labute approximate surface area is 145 Å². The van der Waals surface area contributed by atoms with Gasteiger partial charge in [0.2, 0.25) is 0 Å². The quantitative estimate of drug-likeness (QED) is 0.697. The van der Waals surface area contributed by atoms with Crippen LogP contribution in [0.5, 0.6) is 0 Å². The predicted octanol–water partition coefficient (Wildman–Crippen LogP) is 1.81. The number of rotatable bonds is 5. The van der Waals surface area contributed by atoms with Crippen molar-refractivity contribution in [3.8, 4) is 0 Å². The van der Waals surface area contributed by atoms with Gasteiger partial charge in [0, 0.05) is 6.07 Å². The molecule has 0 atom stereocenters. The molecule has 25 heavy (non-hydrogen) atoms. The Kier molecular flexibility index (Phi) is 4.67. The molecule has 7 heteroatoms. The van der Waals surface area contributed by atoms with Crippen LogP contribution in [-0.2, 0) is 10.1 Å². The first-order valence-electron chi connectivity index (χ1n) is 7.54. The minimum atomic E-state index is -3.87. The Hall–Kier alpha value is -2.93. The fraction of sp³-hybridized carbons (Fsp3) is 0.111. The maximum atomic E-state index is 11.9. The van der Waals surface area contributed by atoms with Crippen LogP contribution < -0.4 is 9.84 Å². The standard InChI is InChI=1S/C18H16N2O4S/c1-25(22,23)24-20-17(21)13-12-16(19-20)18(14-8-4-2-5-9-14)15-10-6-3-7-11-15/h2-13,18H,1H3. The lowest BCUT2D eigenvalue weighted by Gasteiger charge is -2.18. The fourth-order valence-corrected chi connectivity index (χ4v) is 2.93. The molecule has 0 N–H and O–H groups in total. The van der Waals surface area contributed by atoms with Crippen LogP contribution in [0.3, 0.4) is 0 Å². The zero-order valence-corrected chi connectivity index (χ0v) is 14.3. The molecule has 0 saturated heterocycles. The van der Waals surface area contributed by atoms with Gasteiger partial charge in [-0.1, -0.05) is 60.7 Å². The molecule has 0 fully saturated rings. The van der Waals surface area contributed by atoms with Crippen LogP contribution >= 0.6 is 0 Å². The molecular formula is C18H16N2O4S. The van der Waals surface area contributed by atoms with Crippen LogP contribution in [0.1, 0.15) is 22.7 Å². The van der Waals surface area contributed by atoms with E-state index in [2.05, 4.69) is 9.38 Å². The summed E-state index contributed by atoms with van der Waals surface area (Å²) in [7, 11) is -3.87. The summed E-state index contributed by atoms with van der Waals surface area (Å²) in [6, 6.07) is 22.1. The molecule has 1 aromatic heterocycles. The van der Waals surface area contributed by atoms with Crippen molar-refractivity contribution in [2.45, 2.75) is 5.92 Å². The van der Waals surface area contributed by atoms with Crippen LogP contribution in [0.15, 0.2) is 77.6 Å². The van der Waals surface area contributed by atoms with E-state index >= 15 is 0 Å². The van der Waals surface area contributed by atoms with Gasteiger partial charge in [-0.3, -0.25) is 9.08 Å². The summed E-state index contributed by atoms with van der Waals surface area (Å²) in [5.41, 5.74) is 1.77. The SMILES string of the molecule is CS(=O)(=O)On1nc(C(c2ccccc2)c2ccccc2)ccc1=O. The second kappa shape index (κ2) is 6.90. The van der Waals surface area contributed by atoms with Crippen LogP contribution in [-0.4, -0.2) is 24.6 Å². The van der Waals surface area contributed by atoms with Gasteiger partial charge in [0.05, 0.1) is 17.9 Å². The maximum absolute atomic E-state index is 11.9. The number of hydrogen-bond donors (Lipinski definition) is 0. The Morgan fingerprint density at radius 2 is 1.40 bits per heavy atom. The second-order valence-electron chi connectivity index (χ2n) is 5.50. The summed E-state index contributed by atoms with van der Waals surface area (Å²) in [5.74, 6) is -0.266. The van der Waals surface area contributed by atoms with Gasteiger partial charge in [-0.15, -0.1) is 5.10 Å². The van der Waals surface area contributed by atoms with E-state index in [-0.39, 0.29) is 5.92 Å². The first-order valence-corrected chi connectivity index (χ1v) is 9.36. The molecule has 128 valence electrons. The van der Waals surface area contributed by atoms with Crippen molar-refractivity contribution in [1.29, 1.82) is 0 Å². The van der Waals surface area contributed by atoms with E-state index < -0.39 is 15.7 Å². The molecule has 0 aliphatic carbocycles. The topological polar surface area (TPSA) is 78.3 Å². The van der Waals surface area contributed by atoms with Gasteiger partial charge in [0.1, 0.15) is 0 Å². The number of nitrogens with zero attached hydrogens (tertiary/aromatic N) is 2. The molecule has 3 aromatic rings. The lowest BCUT2D eigenvalue weighted by atomic mass is 9.88. The first-order chi connectivity index (χ1) is 11.9. The summed E-state index contributed by atoms with van der Waals surface area (Å²) in [6.45, 7) is 0. The van der Waals surface area contributed by atoms with E-state index in [0.717, 1.165) is 17.4 Å². The lowest BCUT2D eigenvalue weighted by molar-refractivity contribution is 0.223. The van der Waals surface area contributed by atoms with Gasteiger partial charge in [0.25, 0.3) is 0 Å². The average Bonchev–Trinajstić information content (AvgIpc) is 2.59. The number of benzene rings is 2. The highest BCUT2D eigenvalue weighted by Gasteiger charge is 2.20. The van der Waals surface area contributed by atoms with E-state index in [1.54, 1.807) is 6.07 Å². The third-order valence-electron chi connectivity index (χ3n) is 3.56. The van der Waals surface area contributed by atoms with Crippen molar-refractivity contribution >= 4 is 10.1 Å². The molecule has 0 amide bonds. The molecule has 0 spiro atoms. The second-order valence-corrected chi connectivity index (χ2v) is 7.06. The molecule has 2 aromatic carbocycles. The summed E-state index contributed by atoms with van der Waals surface area (Å²) < 4.78 is 27.4. The van der Waals surface area contributed by atoms with Gasteiger partial charge >= 0.3 is 15.7 Å². The summed E-state index contributed by atoms with van der Waals surface area (Å²) in [5, 5.41) is 4.11. The Morgan fingerprint density at radius 3 is 1.88 bits per heavy atom. The molecule has 0 aliphatic heterocycles. The number of aromatic nitrogens is 2. The van der Waals surface area contributed by atoms with Gasteiger partial charge < -0.3 is 0 Å². The minimum Gasteiger partial charge on any atom is -0.266 e. The molecule has 0 saturated carbocycles. The highest BCUT2D eigenvalue weighted by atomic mass is 32.2. The fourth-order valence-electron chi connectivity index (χ4n) is 2.57. The normalized spacial score (nSPS) is 11.4.